The van der Waals surface area contributed by atoms with Gasteiger partial charge in [0.25, 0.3) is 5.91 Å². The zero-order valence-corrected chi connectivity index (χ0v) is 27.8. The summed E-state index contributed by atoms with van der Waals surface area (Å²) in [5.41, 5.74) is 2.46. The van der Waals surface area contributed by atoms with Gasteiger partial charge < -0.3 is 9.47 Å². The van der Waals surface area contributed by atoms with Crippen molar-refractivity contribution in [2.24, 2.45) is 5.14 Å². The highest BCUT2D eigenvalue weighted by atomic mass is 35.5. The summed E-state index contributed by atoms with van der Waals surface area (Å²) in [6.07, 6.45) is 6.05. The highest BCUT2D eigenvalue weighted by molar-refractivity contribution is 7.89. The largest absolute Gasteiger partial charge is 0.339 e. The van der Waals surface area contributed by atoms with E-state index in [-0.39, 0.29) is 21.4 Å². The number of nitrogens with zero attached hydrogens (tertiary/aromatic N) is 4. The fourth-order valence-corrected chi connectivity index (χ4v) is 9.58. The third-order valence-electron chi connectivity index (χ3n) is 10.8. The number of hydrogen-bond donors (Lipinski definition) is 1. The molecule has 2 N–H and O–H groups in total. The van der Waals surface area contributed by atoms with Gasteiger partial charge in [0, 0.05) is 48.3 Å². The fourth-order valence-electron chi connectivity index (χ4n) is 8.51. The maximum Gasteiger partial charge on any atom is 0.253 e. The lowest BCUT2D eigenvalue weighted by Crippen LogP contribution is -2.49. The van der Waals surface area contributed by atoms with Gasteiger partial charge in [0.2, 0.25) is 10.0 Å². The second-order valence-corrected chi connectivity index (χ2v) is 15.4. The molecule has 8 nitrogen and oxygen atoms in total. The van der Waals surface area contributed by atoms with Crippen LogP contribution in [0.25, 0.3) is 11.0 Å². The minimum atomic E-state index is -4.12. The number of aryl methyl sites for hydroxylation is 1. The molecular weight excluding hydrogens is 644 g/mol. The Labute approximate surface area is 278 Å². The van der Waals surface area contributed by atoms with E-state index in [9.17, 15) is 22.0 Å². The van der Waals surface area contributed by atoms with Crippen LogP contribution in [-0.2, 0) is 15.4 Å². The summed E-state index contributed by atoms with van der Waals surface area (Å²) in [5.74, 6) is -0.526. The number of rotatable bonds is 7. The Kier molecular flexibility index (Phi) is 8.39. The monoisotopic (exact) mass is 681 g/mol. The van der Waals surface area contributed by atoms with Crippen LogP contribution in [0.1, 0.15) is 72.7 Å². The van der Waals surface area contributed by atoms with Crippen molar-refractivity contribution in [3.05, 3.63) is 94.3 Å². The lowest BCUT2D eigenvalue weighted by Gasteiger charge is -2.45. The van der Waals surface area contributed by atoms with Gasteiger partial charge in [-0.3, -0.25) is 9.69 Å². The van der Waals surface area contributed by atoms with Gasteiger partial charge in [-0.15, -0.1) is 0 Å². The van der Waals surface area contributed by atoms with Gasteiger partial charge in [0.1, 0.15) is 22.4 Å². The molecule has 4 aromatic rings. The SMILES string of the molecule is Cc1nc2ccccc2n1C1C[C@H]2CC[C@@H](C1)N2CCC1(c2cc(F)cc(F)c2)CCN(C(=O)c2ccc(Cl)c(S(N)(=O)=O)c2)CC1. The van der Waals surface area contributed by atoms with Crippen molar-refractivity contribution in [3.8, 4) is 0 Å². The quantitative estimate of drug-likeness (QED) is 0.245. The summed E-state index contributed by atoms with van der Waals surface area (Å²) >= 11 is 6.04. The molecule has 0 aliphatic carbocycles. The first-order valence-corrected chi connectivity index (χ1v) is 18.1. The minimum absolute atomic E-state index is 0.0543. The topological polar surface area (TPSA) is 102 Å². The zero-order valence-electron chi connectivity index (χ0n) is 26.2. The second-order valence-electron chi connectivity index (χ2n) is 13.4. The molecule has 3 aliphatic heterocycles. The van der Waals surface area contributed by atoms with E-state index < -0.39 is 27.1 Å². The highest BCUT2D eigenvalue weighted by Gasteiger charge is 2.44. The number of nitrogens with two attached hydrogens (primary N) is 1. The maximum absolute atomic E-state index is 14.6. The van der Waals surface area contributed by atoms with Gasteiger partial charge in [0.05, 0.1) is 16.1 Å². The molecule has 7 rings (SSSR count). The van der Waals surface area contributed by atoms with Crippen LogP contribution in [0.2, 0.25) is 5.02 Å². The Morgan fingerprint density at radius 1 is 0.979 bits per heavy atom. The first kappa shape index (κ1) is 32.2. The highest BCUT2D eigenvalue weighted by Crippen LogP contribution is 2.45. The number of sulfonamides is 1. The molecule has 3 aliphatic rings. The normalized spacial score (nSPS) is 23.0. The third kappa shape index (κ3) is 6.07. The van der Waals surface area contributed by atoms with Gasteiger partial charge in [-0.25, -0.2) is 27.3 Å². The van der Waals surface area contributed by atoms with Crippen molar-refractivity contribution in [2.45, 2.75) is 80.3 Å². The summed E-state index contributed by atoms with van der Waals surface area (Å²) in [7, 11) is -4.12. The number of hydrogen-bond acceptors (Lipinski definition) is 5. The smallest absolute Gasteiger partial charge is 0.253 e. The number of imidazole rings is 1. The number of para-hydroxylation sites is 2. The number of likely N-dealkylation sites (tertiary alicyclic amines) is 1. The Morgan fingerprint density at radius 3 is 2.30 bits per heavy atom. The van der Waals surface area contributed by atoms with E-state index in [1.54, 1.807) is 4.90 Å². The first-order valence-electron chi connectivity index (χ1n) is 16.2. The van der Waals surface area contributed by atoms with Crippen LogP contribution in [0.3, 0.4) is 0 Å². The average molecular weight is 682 g/mol. The Morgan fingerprint density at radius 2 is 1.64 bits per heavy atom. The molecular formula is C35H38ClF2N5O3S. The van der Waals surface area contributed by atoms with Crippen LogP contribution in [-0.4, -0.2) is 65.4 Å². The molecule has 0 saturated carbocycles. The van der Waals surface area contributed by atoms with Crippen molar-refractivity contribution < 1.29 is 22.0 Å². The predicted octanol–water partition coefficient (Wildman–Crippen LogP) is 6.36. The summed E-state index contributed by atoms with van der Waals surface area (Å²) in [6.45, 7) is 3.59. The molecule has 4 heterocycles. The van der Waals surface area contributed by atoms with Gasteiger partial charge in [-0.1, -0.05) is 23.7 Å². The molecule has 3 aromatic carbocycles. The van der Waals surface area contributed by atoms with Crippen LogP contribution in [0.4, 0.5) is 8.78 Å². The molecule has 12 heteroatoms. The number of primary sulfonamides is 1. The standard InChI is InChI=1S/C35H38ClF2N5O3S/c1-22-40-31-4-2-3-5-32(31)43(22)29-20-27-7-8-28(21-29)42(27)15-12-35(24-17-25(37)19-26(38)18-24)10-13-41(14-11-35)34(44)23-6-9-30(36)33(16-23)47(39,45)46/h2-6,9,16-19,27-29H,7-8,10-15,20-21H2,1H3,(H2,39,45,46)/t27-,28+,29?. The van der Waals surface area contributed by atoms with E-state index in [0.29, 0.717) is 56.0 Å². The Bertz CT molecular complexity index is 1930. The maximum atomic E-state index is 14.6. The lowest BCUT2D eigenvalue weighted by atomic mass is 9.70. The molecule has 1 unspecified atom stereocenters. The van der Waals surface area contributed by atoms with Gasteiger partial charge in [0.15, 0.2) is 0 Å². The first-order chi connectivity index (χ1) is 22.4. The van der Waals surface area contributed by atoms with Crippen molar-refractivity contribution in [1.82, 2.24) is 19.4 Å². The van der Waals surface area contributed by atoms with E-state index >= 15 is 0 Å². The van der Waals surface area contributed by atoms with Crippen LogP contribution in [0.15, 0.2) is 65.6 Å². The van der Waals surface area contributed by atoms with Crippen molar-refractivity contribution in [1.29, 1.82) is 0 Å². The van der Waals surface area contributed by atoms with E-state index in [1.807, 2.05) is 6.07 Å². The van der Waals surface area contributed by atoms with Crippen LogP contribution in [0.5, 0.6) is 0 Å². The average Bonchev–Trinajstić information content (AvgIpc) is 3.49. The molecule has 1 aromatic heterocycles. The number of carbonyl (C=O) groups is 1. The molecule has 3 atom stereocenters. The van der Waals surface area contributed by atoms with Crippen LogP contribution >= 0.6 is 11.6 Å². The lowest BCUT2D eigenvalue weighted by molar-refractivity contribution is 0.0606. The Balaban J connectivity index is 1.09. The number of benzene rings is 3. The summed E-state index contributed by atoms with van der Waals surface area (Å²) < 4.78 is 55.6. The molecule has 1 amide bonds. The van der Waals surface area contributed by atoms with Gasteiger partial charge in [-0.05, 0) is 106 Å². The number of amides is 1. The molecule has 248 valence electrons. The van der Waals surface area contributed by atoms with Crippen molar-refractivity contribution >= 4 is 38.6 Å². The zero-order chi connectivity index (χ0) is 33.1. The molecule has 0 spiro atoms. The number of fused-ring (bicyclic) bond motifs is 3. The summed E-state index contributed by atoms with van der Waals surface area (Å²) in [4.78, 5) is 22.3. The number of halogens is 3. The Hall–Kier alpha value is -3.38. The van der Waals surface area contributed by atoms with E-state index in [1.165, 1.54) is 35.8 Å². The van der Waals surface area contributed by atoms with E-state index in [4.69, 9.17) is 21.7 Å². The minimum Gasteiger partial charge on any atom is -0.339 e. The molecule has 47 heavy (non-hydrogen) atoms. The summed E-state index contributed by atoms with van der Waals surface area (Å²) in [6, 6.07) is 17.3. The molecule has 3 fully saturated rings. The number of carbonyl (C=O) groups excluding carboxylic acids is 1. The van der Waals surface area contributed by atoms with Gasteiger partial charge in [-0.2, -0.15) is 0 Å². The van der Waals surface area contributed by atoms with E-state index in [0.717, 1.165) is 49.6 Å². The predicted molar refractivity (Wildman–Crippen MR) is 177 cm³/mol. The molecule has 2 bridgehead atoms. The second kappa shape index (κ2) is 12.3. The van der Waals surface area contributed by atoms with E-state index in [2.05, 4.69) is 34.6 Å². The summed E-state index contributed by atoms with van der Waals surface area (Å²) in [5, 5.41) is 5.25. The van der Waals surface area contributed by atoms with Crippen molar-refractivity contribution in [3.63, 3.8) is 0 Å². The fraction of sp³-hybridized carbons (Fsp3) is 0.429. The number of piperidine rings is 2. The van der Waals surface area contributed by atoms with Crippen molar-refractivity contribution in [2.75, 3.05) is 19.6 Å². The van der Waals surface area contributed by atoms with Crippen LogP contribution < -0.4 is 5.14 Å². The third-order valence-corrected chi connectivity index (χ3v) is 12.2. The molecule has 0 radical (unpaired) electrons. The van der Waals surface area contributed by atoms with Gasteiger partial charge >= 0.3 is 0 Å². The van der Waals surface area contributed by atoms with Crippen LogP contribution in [0, 0.1) is 18.6 Å². The molecule has 3 saturated heterocycles. The number of aromatic nitrogens is 2.